The molecule has 1 amide bonds. The molecule has 1 aliphatic heterocycles. The molecule has 92 valence electrons. The molecule has 2 fully saturated rings. The van der Waals surface area contributed by atoms with Gasteiger partial charge in [-0.05, 0) is 30.7 Å². The molecule has 1 aromatic heterocycles. The lowest BCUT2D eigenvalue weighted by atomic mass is 9.98. The quantitative estimate of drug-likeness (QED) is 0.756. The number of hydrogen-bond donors (Lipinski definition) is 1. The summed E-state index contributed by atoms with van der Waals surface area (Å²) in [6.45, 7) is 1.68. The van der Waals surface area contributed by atoms with Gasteiger partial charge in [0.05, 0.1) is 0 Å². The van der Waals surface area contributed by atoms with Crippen LogP contribution in [0.3, 0.4) is 0 Å². The van der Waals surface area contributed by atoms with E-state index >= 15 is 0 Å². The fourth-order valence-electron chi connectivity index (χ4n) is 3.22. The maximum atomic E-state index is 12.3. The molecular formula is C12H18N4O. The Morgan fingerprint density at radius 1 is 1.47 bits per heavy atom. The average molecular weight is 234 g/mol. The Hall–Kier alpha value is -1.36. The van der Waals surface area contributed by atoms with Crippen molar-refractivity contribution in [1.82, 2.24) is 14.7 Å². The van der Waals surface area contributed by atoms with Crippen LogP contribution in [0, 0.1) is 11.8 Å². The van der Waals surface area contributed by atoms with E-state index in [-0.39, 0.29) is 11.9 Å². The van der Waals surface area contributed by atoms with Crippen molar-refractivity contribution in [1.29, 1.82) is 0 Å². The first kappa shape index (κ1) is 10.8. The molecule has 1 saturated heterocycles. The van der Waals surface area contributed by atoms with Gasteiger partial charge in [-0.2, -0.15) is 5.10 Å². The number of nitrogens with zero attached hydrogens (tertiary/aromatic N) is 3. The predicted octanol–water partition coefficient (Wildman–Crippen LogP) is 0.229. The Morgan fingerprint density at radius 3 is 2.94 bits per heavy atom. The standard InChI is InChI=1S/C12H18N4O/c1-15-11(4-5-14-15)12(17)16-6-8-2-3-10(13)9(8)7-16/h4-5,8-10H,2-3,6-7,13H2,1H3. The highest BCUT2D eigenvalue weighted by Gasteiger charge is 2.42. The Balaban J connectivity index is 1.75. The molecule has 1 aliphatic carbocycles. The molecule has 3 atom stereocenters. The summed E-state index contributed by atoms with van der Waals surface area (Å²) in [4.78, 5) is 14.2. The molecule has 3 unspecified atom stereocenters. The van der Waals surface area contributed by atoms with Gasteiger partial charge in [-0.3, -0.25) is 9.48 Å². The molecule has 2 aliphatic rings. The zero-order valence-electron chi connectivity index (χ0n) is 10.0. The zero-order valence-corrected chi connectivity index (χ0v) is 10.0. The summed E-state index contributed by atoms with van der Waals surface area (Å²) in [5.74, 6) is 1.21. The normalized spacial score (nSPS) is 31.9. The maximum absolute atomic E-state index is 12.3. The van der Waals surface area contributed by atoms with Crippen LogP contribution >= 0.6 is 0 Å². The minimum Gasteiger partial charge on any atom is -0.337 e. The minimum absolute atomic E-state index is 0.0894. The first-order chi connectivity index (χ1) is 8.16. The summed E-state index contributed by atoms with van der Waals surface area (Å²) in [5.41, 5.74) is 6.74. The minimum atomic E-state index is 0.0894. The van der Waals surface area contributed by atoms with Crippen molar-refractivity contribution in [3.8, 4) is 0 Å². The van der Waals surface area contributed by atoms with E-state index in [9.17, 15) is 4.79 Å². The topological polar surface area (TPSA) is 64.2 Å². The van der Waals surface area contributed by atoms with Gasteiger partial charge in [-0.25, -0.2) is 0 Å². The predicted molar refractivity (Wildman–Crippen MR) is 63.3 cm³/mol. The van der Waals surface area contributed by atoms with Crippen LogP contribution in [0.2, 0.25) is 0 Å². The molecule has 5 heteroatoms. The van der Waals surface area contributed by atoms with E-state index in [0.717, 1.165) is 19.5 Å². The largest absolute Gasteiger partial charge is 0.337 e. The first-order valence-corrected chi connectivity index (χ1v) is 6.19. The summed E-state index contributed by atoms with van der Waals surface area (Å²) in [6.07, 6.45) is 3.94. The Bertz CT molecular complexity index is 441. The van der Waals surface area contributed by atoms with Gasteiger partial charge in [-0.1, -0.05) is 0 Å². The highest BCUT2D eigenvalue weighted by Crippen LogP contribution is 2.37. The number of amides is 1. The summed E-state index contributed by atoms with van der Waals surface area (Å²) >= 11 is 0. The molecule has 17 heavy (non-hydrogen) atoms. The third-order valence-corrected chi connectivity index (χ3v) is 4.24. The van der Waals surface area contributed by atoms with E-state index in [0.29, 0.717) is 17.5 Å². The van der Waals surface area contributed by atoms with Gasteiger partial charge in [0.1, 0.15) is 5.69 Å². The van der Waals surface area contributed by atoms with E-state index in [1.54, 1.807) is 24.0 Å². The molecule has 1 saturated carbocycles. The zero-order chi connectivity index (χ0) is 12.0. The smallest absolute Gasteiger partial charge is 0.272 e. The van der Waals surface area contributed by atoms with Gasteiger partial charge >= 0.3 is 0 Å². The van der Waals surface area contributed by atoms with Crippen molar-refractivity contribution in [3.05, 3.63) is 18.0 Å². The van der Waals surface area contributed by atoms with Crippen molar-refractivity contribution in [3.63, 3.8) is 0 Å². The summed E-state index contributed by atoms with van der Waals surface area (Å²) in [6, 6.07) is 2.06. The van der Waals surface area contributed by atoms with E-state index < -0.39 is 0 Å². The van der Waals surface area contributed by atoms with Crippen LogP contribution in [0.25, 0.3) is 0 Å². The first-order valence-electron chi connectivity index (χ1n) is 6.19. The summed E-state index contributed by atoms with van der Waals surface area (Å²) in [7, 11) is 1.80. The van der Waals surface area contributed by atoms with Crippen molar-refractivity contribution in [2.24, 2.45) is 24.6 Å². The van der Waals surface area contributed by atoms with Crippen LogP contribution < -0.4 is 5.73 Å². The van der Waals surface area contributed by atoms with Crippen molar-refractivity contribution in [2.45, 2.75) is 18.9 Å². The van der Waals surface area contributed by atoms with Gasteiger partial charge in [-0.15, -0.1) is 0 Å². The molecule has 5 nitrogen and oxygen atoms in total. The number of hydrogen-bond acceptors (Lipinski definition) is 3. The maximum Gasteiger partial charge on any atom is 0.272 e. The number of likely N-dealkylation sites (tertiary alicyclic amines) is 1. The summed E-state index contributed by atoms with van der Waals surface area (Å²) < 4.78 is 1.64. The fraction of sp³-hybridized carbons (Fsp3) is 0.667. The van der Waals surface area contributed by atoms with Crippen LogP contribution in [-0.2, 0) is 7.05 Å². The van der Waals surface area contributed by atoms with Crippen molar-refractivity contribution >= 4 is 5.91 Å². The highest BCUT2D eigenvalue weighted by molar-refractivity contribution is 5.92. The number of carbonyl (C=O) groups excluding carboxylic acids is 1. The molecule has 2 N–H and O–H groups in total. The Kier molecular flexibility index (Phi) is 2.43. The van der Waals surface area contributed by atoms with Crippen LogP contribution in [0.15, 0.2) is 12.3 Å². The third kappa shape index (κ3) is 1.65. The van der Waals surface area contributed by atoms with E-state index in [2.05, 4.69) is 5.10 Å². The second-order valence-electron chi connectivity index (χ2n) is 5.22. The Morgan fingerprint density at radius 2 is 2.29 bits per heavy atom. The molecule has 0 radical (unpaired) electrons. The molecule has 1 aromatic rings. The number of aryl methyl sites for hydroxylation is 1. The van der Waals surface area contributed by atoms with Crippen LogP contribution in [-0.4, -0.2) is 39.7 Å². The van der Waals surface area contributed by atoms with Gasteiger partial charge < -0.3 is 10.6 Å². The highest BCUT2D eigenvalue weighted by atomic mass is 16.2. The number of rotatable bonds is 1. The van der Waals surface area contributed by atoms with Crippen LogP contribution in [0.4, 0.5) is 0 Å². The molecule has 3 rings (SSSR count). The molecule has 0 aromatic carbocycles. The van der Waals surface area contributed by atoms with Crippen molar-refractivity contribution < 1.29 is 4.79 Å². The molecule has 0 spiro atoms. The van der Waals surface area contributed by atoms with E-state index in [1.807, 2.05) is 4.90 Å². The lowest BCUT2D eigenvalue weighted by Gasteiger charge is -2.18. The lowest BCUT2D eigenvalue weighted by molar-refractivity contribution is 0.0768. The second kappa shape index (κ2) is 3.84. The van der Waals surface area contributed by atoms with Crippen molar-refractivity contribution in [2.75, 3.05) is 13.1 Å². The van der Waals surface area contributed by atoms with Gasteiger partial charge in [0.25, 0.3) is 5.91 Å². The molecular weight excluding hydrogens is 216 g/mol. The number of nitrogens with two attached hydrogens (primary N) is 1. The fourth-order valence-corrected chi connectivity index (χ4v) is 3.22. The van der Waals surface area contributed by atoms with Gasteiger partial charge in [0, 0.05) is 32.4 Å². The van der Waals surface area contributed by atoms with E-state index in [4.69, 9.17) is 5.73 Å². The van der Waals surface area contributed by atoms with Crippen LogP contribution in [0.5, 0.6) is 0 Å². The Labute approximate surface area is 101 Å². The third-order valence-electron chi connectivity index (χ3n) is 4.24. The average Bonchev–Trinajstić information content (AvgIpc) is 2.96. The van der Waals surface area contributed by atoms with Gasteiger partial charge in [0.2, 0.25) is 0 Å². The second-order valence-corrected chi connectivity index (χ2v) is 5.22. The number of fused-ring (bicyclic) bond motifs is 1. The monoisotopic (exact) mass is 234 g/mol. The molecule has 2 heterocycles. The van der Waals surface area contributed by atoms with E-state index in [1.165, 1.54) is 6.42 Å². The number of aromatic nitrogens is 2. The van der Waals surface area contributed by atoms with Crippen LogP contribution in [0.1, 0.15) is 23.3 Å². The number of carbonyl (C=O) groups is 1. The molecule has 0 bridgehead atoms. The summed E-state index contributed by atoms with van der Waals surface area (Å²) in [5, 5.41) is 4.04. The SMILES string of the molecule is Cn1nccc1C(=O)N1CC2CCC(N)C2C1. The van der Waals surface area contributed by atoms with Gasteiger partial charge in [0.15, 0.2) is 0 Å². The lowest BCUT2D eigenvalue weighted by Crippen LogP contribution is -2.34.